The molecule has 1 aliphatic heterocycles. The molecule has 1 fully saturated rings. The van der Waals surface area contributed by atoms with Gasteiger partial charge in [-0.2, -0.15) is 0 Å². The molecule has 1 aliphatic rings. The fraction of sp³-hybridized carbons (Fsp3) is 1.00. The first-order valence-electron chi connectivity index (χ1n) is 5.59. The normalized spacial score (nSPS) is 25.4. The van der Waals surface area contributed by atoms with Gasteiger partial charge in [0, 0.05) is 19.2 Å². The number of rotatable bonds is 4. The van der Waals surface area contributed by atoms with Gasteiger partial charge in [0.25, 0.3) is 0 Å². The maximum absolute atomic E-state index is 8.94. The van der Waals surface area contributed by atoms with Crippen LogP contribution in [0.15, 0.2) is 0 Å². The largest absolute Gasteiger partial charge is 0.396 e. The zero-order chi connectivity index (χ0) is 9.68. The number of likely N-dealkylation sites (tertiary alicyclic amines) is 1. The summed E-state index contributed by atoms with van der Waals surface area (Å²) in [5.41, 5.74) is 0. The molecule has 1 atom stereocenters. The van der Waals surface area contributed by atoms with Crippen molar-refractivity contribution in [1.29, 1.82) is 0 Å². The van der Waals surface area contributed by atoms with Gasteiger partial charge >= 0.3 is 0 Å². The Balaban J connectivity index is 2.36. The molecule has 2 heteroatoms. The van der Waals surface area contributed by atoms with E-state index < -0.39 is 0 Å². The molecule has 0 aliphatic carbocycles. The first-order valence-corrected chi connectivity index (χ1v) is 5.59. The van der Waals surface area contributed by atoms with E-state index in [1.807, 2.05) is 0 Å². The van der Waals surface area contributed by atoms with Crippen molar-refractivity contribution in [2.75, 3.05) is 19.7 Å². The lowest BCUT2D eigenvalue weighted by molar-refractivity contribution is 0.107. The molecule has 0 radical (unpaired) electrons. The molecule has 0 saturated carbocycles. The number of aliphatic hydroxyl groups excluding tert-OH is 1. The Kier molecular flexibility index (Phi) is 4.74. The molecule has 0 aromatic carbocycles. The quantitative estimate of drug-likeness (QED) is 0.723. The van der Waals surface area contributed by atoms with Crippen molar-refractivity contribution in [2.24, 2.45) is 5.92 Å². The summed E-state index contributed by atoms with van der Waals surface area (Å²) < 4.78 is 0. The number of hydrogen-bond donors (Lipinski definition) is 1. The summed E-state index contributed by atoms with van der Waals surface area (Å²) in [5.74, 6) is 0.749. The standard InChI is InChI=1S/C11H23NO/c1-10(2)9-12-7-4-3-5-11(12)6-8-13/h10-11,13H,3-9H2,1-2H3. The average molecular weight is 185 g/mol. The van der Waals surface area contributed by atoms with Gasteiger partial charge in [0.05, 0.1) is 0 Å². The molecule has 78 valence electrons. The molecule has 2 nitrogen and oxygen atoms in total. The molecule has 1 unspecified atom stereocenters. The van der Waals surface area contributed by atoms with Crippen LogP contribution in [-0.2, 0) is 0 Å². The van der Waals surface area contributed by atoms with Crippen molar-refractivity contribution < 1.29 is 5.11 Å². The summed E-state index contributed by atoms with van der Waals surface area (Å²) in [6, 6.07) is 0.654. The number of aliphatic hydroxyl groups is 1. The zero-order valence-electron chi connectivity index (χ0n) is 9.00. The van der Waals surface area contributed by atoms with Crippen LogP contribution in [0.1, 0.15) is 39.5 Å². The van der Waals surface area contributed by atoms with Crippen LogP contribution in [0.5, 0.6) is 0 Å². The smallest absolute Gasteiger partial charge is 0.0445 e. The van der Waals surface area contributed by atoms with Gasteiger partial charge in [-0.1, -0.05) is 20.3 Å². The van der Waals surface area contributed by atoms with Crippen molar-refractivity contribution in [3.05, 3.63) is 0 Å². The minimum absolute atomic E-state index is 0.346. The van der Waals surface area contributed by atoms with Gasteiger partial charge < -0.3 is 10.0 Å². The highest BCUT2D eigenvalue weighted by Gasteiger charge is 2.21. The van der Waals surface area contributed by atoms with Gasteiger partial charge in [-0.05, 0) is 31.7 Å². The van der Waals surface area contributed by atoms with Gasteiger partial charge in [0.2, 0.25) is 0 Å². The van der Waals surface area contributed by atoms with Crippen molar-refractivity contribution in [1.82, 2.24) is 4.90 Å². The van der Waals surface area contributed by atoms with Gasteiger partial charge in [-0.3, -0.25) is 0 Å². The minimum atomic E-state index is 0.346. The Morgan fingerprint density at radius 2 is 2.15 bits per heavy atom. The molecule has 0 amide bonds. The predicted molar refractivity (Wildman–Crippen MR) is 55.8 cm³/mol. The second-order valence-electron chi connectivity index (χ2n) is 4.55. The van der Waals surface area contributed by atoms with Crippen LogP contribution in [0.2, 0.25) is 0 Å². The van der Waals surface area contributed by atoms with E-state index in [2.05, 4.69) is 18.7 Å². The average Bonchev–Trinajstić information content (AvgIpc) is 2.08. The Bertz CT molecular complexity index is 134. The fourth-order valence-corrected chi connectivity index (χ4v) is 2.25. The Morgan fingerprint density at radius 1 is 1.38 bits per heavy atom. The first-order chi connectivity index (χ1) is 6.24. The van der Waals surface area contributed by atoms with Crippen LogP contribution in [-0.4, -0.2) is 35.7 Å². The minimum Gasteiger partial charge on any atom is -0.396 e. The second kappa shape index (κ2) is 5.61. The van der Waals surface area contributed by atoms with Gasteiger partial charge in [-0.15, -0.1) is 0 Å². The fourth-order valence-electron chi connectivity index (χ4n) is 2.25. The summed E-state index contributed by atoms with van der Waals surface area (Å²) >= 11 is 0. The van der Waals surface area contributed by atoms with E-state index in [4.69, 9.17) is 5.11 Å². The van der Waals surface area contributed by atoms with Crippen LogP contribution < -0.4 is 0 Å². The first kappa shape index (κ1) is 11.0. The van der Waals surface area contributed by atoms with Crippen molar-refractivity contribution >= 4 is 0 Å². The molecule has 1 rings (SSSR count). The topological polar surface area (TPSA) is 23.5 Å². The molecule has 0 bridgehead atoms. The molecule has 0 spiro atoms. The summed E-state index contributed by atoms with van der Waals surface area (Å²) in [6.07, 6.45) is 4.94. The molecule has 0 aromatic rings. The molecule has 1 heterocycles. The van der Waals surface area contributed by atoms with E-state index in [1.165, 1.54) is 32.4 Å². The lowest BCUT2D eigenvalue weighted by Gasteiger charge is -2.36. The molecule has 1 N–H and O–H groups in total. The van der Waals surface area contributed by atoms with Crippen molar-refractivity contribution in [3.8, 4) is 0 Å². The third-order valence-corrected chi connectivity index (χ3v) is 2.81. The van der Waals surface area contributed by atoms with Crippen LogP contribution in [0.4, 0.5) is 0 Å². The Morgan fingerprint density at radius 3 is 2.77 bits per heavy atom. The summed E-state index contributed by atoms with van der Waals surface area (Å²) in [5, 5.41) is 8.94. The zero-order valence-corrected chi connectivity index (χ0v) is 9.00. The monoisotopic (exact) mass is 185 g/mol. The van der Waals surface area contributed by atoms with E-state index in [1.54, 1.807) is 0 Å². The maximum atomic E-state index is 8.94. The number of hydrogen-bond acceptors (Lipinski definition) is 2. The van der Waals surface area contributed by atoms with Crippen LogP contribution in [0, 0.1) is 5.92 Å². The van der Waals surface area contributed by atoms with Crippen LogP contribution in [0.3, 0.4) is 0 Å². The lowest BCUT2D eigenvalue weighted by atomic mass is 9.98. The van der Waals surface area contributed by atoms with Crippen molar-refractivity contribution in [3.63, 3.8) is 0 Å². The van der Waals surface area contributed by atoms with Gasteiger partial charge in [0.15, 0.2) is 0 Å². The highest BCUT2D eigenvalue weighted by atomic mass is 16.3. The lowest BCUT2D eigenvalue weighted by Crippen LogP contribution is -2.42. The third-order valence-electron chi connectivity index (χ3n) is 2.81. The van der Waals surface area contributed by atoms with Crippen LogP contribution >= 0.6 is 0 Å². The molecule has 13 heavy (non-hydrogen) atoms. The Labute approximate surface area is 81.9 Å². The van der Waals surface area contributed by atoms with Crippen molar-refractivity contribution in [2.45, 2.75) is 45.6 Å². The van der Waals surface area contributed by atoms with Gasteiger partial charge in [0.1, 0.15) is 0 Å². The Hall–Kier alpha value is -0.0800. The molecular weight excluding hydrogens is 162 g/mol. The highest BCUT2D eigenvalue weighted by molar-refractivity contribution is 4.77. The predicted octanol–water partition coefficient (Wildman–Crippen LogP) is 1.88. The molecular formula is C11H23NO. The second-order valence-corrected chi connectivity index (χ2v) is 4.55. The molecule has 0 aromatic heterocycles. The van der Waals surface area contributed by atoms with E-state index in [0.29, 0.717) is 12.6 Å². The number of piperidine rings is 1. The summed E-state index contributed by atoms with van der Waals surface area (Å²) in [7, 11) is 0. The van der Waals surface area contributed by atoms with E-state index >= 15 is 0 Å². The van der Waals surface area contributed by atoms with Gasteiger partial charge in [-0.25, -0.2) is 0 Å². The number of nitrogens with zero attached hydrogens (tertiary/aromatic N) is 1. The summed E-state index contributed by atoms with van der Waals surface area (Å²) in [4.78, 5) is 2.56. The van der Waals surface area contributed by atoms with Crippen LogP contribution in [0.25, 0.3) is 0 Å². The third kappa shape index (κ3) is 3.65. The SMILES string of the molecule is CC(C)CN1CCCCC1CCO. The molecule has 1 saturated heterocycles. The summed E-state index contributed by atoms with van der Waals surface area (Å²) in [6.45, 7) is 7.32. The maximum Gasteiger partial charge on any atom is 0.0445 e. The highest BCUT2D eigenvalue weighted by Crippen LogP contribution is 2.20. The van der Waals surface area contributed by atoms with E-state index in [9.17, 15) is 0 Å². The van der Waals surface area contributed by atoms with E-state index in [0.717, 1.165) is 12.3 Å². The van der Waals surface area contributed by atoms with E-state index in [-0.39, 0.29) is 0 Å².